The summed E-state index contributed by atoms with van der Waals surface area (Å²) in [6.07, 6.45) is 0. The van der Waals surface area contributed by atoms with Crippen LogP contribution in [0.4, 0.5) is 4.39 Å². The van der Waals surface area contributed by atoms with Crippen LogP contribution in [0.1, 0.15) is 21.5 Å². The number of benzene rings is 2. The van der Waals surface area contributed by atoms with Gasteiger partial charge in [-0.2, -0.15) is 0 Å². The normalized spacial score (nSPS) is 10.3. The van der Waals surface area contributed by atoms with E-state index in [4.69, 9.17) is 9.47 Å². The molecule has 0 heterocycles. The average Bonchev–Trinajstić information content (AvgIpc) is 2.46. The second kappa shape index (κ2) is 6.26. The topological polar surface area (TPSA) is 35.5 Å². The molecule has 2 aromatic carbocycles. The molecule has 0 spiro atoms. The molecular weight excluding hydrogens is 339 g/mol. The zero-order valence-electron chi connectivity index (χ0n) is 11.9. The first-order valence-electron chi connectivity index (χ1n) is 6.20. The summed E-state index contributed by atoms with van der Waals surface area (Å²) in [6, 6.07) is 7.74. The molecule has 0 aliphatic carbocycles. The number of hydrogen-bond acceptors (Lipinski definition) is 3. The highest BCUT2D eigenvalue weighted by atomic mass is 79.9. The van der Waals surface area contributed by atoms with Crippen molar-refractivity contribution in [3.63, 3.8) is 0 Å². The number of rotatable bonds is 4. The molecule has 0 atom stereocenters. The molecule has 3 nitrogen and oxygen atoms in total. The summed E-state index contributed by atoms with van der Waals surface area (Å²) >= 11 is 3.34. The molecular formula is C16H14BrFO3. The van der Waals surface area contributed by atoms with Gasteiger partial charge >= 0.3 is 0 Å². The molecule has 2 aromatic rings. The fourth-order valence-corrected chi connectivity index (χ4v) is 2.53. The van der Waals surface area contributed by atoms with Crippen LogP contribution in [0.25, 0.3) is 0 Å². The predicted molar refractivity (Wildman–Crippen MR) is 81.8 cm³/mol. The van der Waals surface area contributed by atoms with Gasteiger partial charge in [0, 0.05) is 16.1 Å². The van der Waals surface area contributed by atoms with Gasteiger partial charge in [-0.3, -0.25) is 4.79 Å². The highest BCUT2D eigenvalue weighted by Crippen LogP contribution is 2.31. The van der Waals surface area contributed by atoms with Gasteiger partial charge in [0.1, 0.15) is 5.82 Å². The van der Waals surface area contributed by atoms with E-state index in [-0.39, 0.29) is 11.3 Å². The second-order valence-electron chi connectivity index (χ2n) is 4.48. The Hall–Kier alpha value is -1.88. The third kappa shape index (κ3) is 3.08. The largest absolute Gasteiger partial charge is 0.493 e. The number of aryl methyl sites for hydroxylation is 1. The van der Waals surface area contributed by atoms with Crippen LogP contribution in [-0.4, -0.2) is 20.0 Å². The Morgan fingerprint density at radius 1 is 1.05 bits per heavy atom. The number of carbonyl (C=O) groups excluding carboxylic acids is 1. The number of hydrogen-bond donors (Lipinski definition) is 0. The van der Waals surface area contributed by atoms with Crippen LogP contribution in [0.15, 0.2) is 34.8 Å². The molecule has 0 saturated heterocycles. The highest BCUT2D eigenvalue weighted by molar-refractivity contribution is 9.10. The first kappa shape index (κ1) is 15.5. The Kier molecular flexibility index (Phi) is 4.63. The van der Waals surface area contributed by atoms with E-state index in [0.717, 1.165) is 16.1 Å². The summed E-state index contributed by atoms with van der Waals surface area (Å²) in [5, 5.41) is 0. The Morgan fingerprint density at radius 3 is 2.24 bits per heavy atom. The minimum atomic E-state index is -0.639. The molecule has 0 saturated carbocycles. The predicted octanol–water partition coefficient (Wildman–Crippen LogP) is 4.14. The van der Waals surface area contributed by atoms with Crippen molar-refractivity contribution in [3.8, 4) is 11.5 Å². The number of ether oxygens (including phenoxy) is 2. The number of halogens is 2. The van der Waals surface area contributed by atoms with Crippen molar-refractivity contribution in [1.82, 2.24) is 0 Å². The molecule has 0 bridgehead atoms. The molecule has 0 fully saturated rings. The lowest BCUT2D eigenvalue weighted by Crippen LogP contribution is -2.07. The molecule has 0 radical (unpaired) electrons. The fraction of sp³-hybridized carbons (Fsp3) is 0.188. The van der Waals surface area contributed by atoms with Gasteiger partial charge in [0.2, 0.25) is 0 Å². The van der Waals surface area contributed by atoms with Gasteiger partial charge in [0.15, 0.2) is 17.3 Å². The van der Waals surface area contributed by atoms with Crippen molar-refractivity contribution in [2.24, 2.45) is 0 Å². The van der Waals surface area contributed by atoms with Crippen molar-refractivity contribution in [3.05, 3.63) is 57.3 Å². The zero-order chi connectivity index (χ0) is 15.6. The lowest BCUT2D eigenvalue weighted by molar-refractivity contribution is 0.103. The maximum atomic E-state index is 14.1. The fourth-order valence-electron chi connectivity index (χ4n) is 2.06. The maximum Gasteiger partial charge on any atom is 0.196 e. The van der Waals surface area contributed by atoms with Crippen LogP contribution < -0.4 is 9.47 Å². The van der Waals surface area contributed by atoms with E-state index in [9.17, 15) is 9.18 Å². The lowest BCUT2D eigenvalue weighted by atomic mass is 9.98. The average molecular weight is 353 g/mol. The number of carbonyl (C=O) groups is 1. The maximum absolute atomic E-state index is 14.1. The van der Waals surface area contributed by atoms with Crippen LogP contribution in [0, 0.1) is 12.7 Å². The van der Waals surface area contributed by atoms with E-state index in [1.54, 1.807) is 19.1 Å². The Morgan fingerprint density at radius 2 is 1.67 bits per heavy atom. The first-order valence-corrected chi connectivity index (χ1v) is 6.99. The third-order valence-corrected chi connectivity index (χ3v) is 3.64. The van der Waals surface area contributed by atoms with E-state index in [1.165, 1.54) is 20.3 Å². The second-order valence-corrected chi connectivity index (χ2v) is 5.39. The quantitative estimate of drug-likeness (QED) is 0.775. The molecule has 2 rings (SSSR count). The minimum Gasteiger partial charge on any atom is -0.493 e. The molecule has 0 N–H and O–H groups in total. The van der Waals surface area contributed by atoms with Crippen molar-refractivity contribution in [2.75, 3.05) is 14.2 Å². The van der Waals surface area contributed by atoms with E-state index in [0.29, 0.717) is 11.3 Å². The van der Waals surface area contributed by atoms with Crippen molar-refractivity contribution < 1.29 is 18.7 Å². The van der Waals surface area contributed by atoms with Crippen LogP contribution >= 0.6 is 15.9 Å². The van der Waals surface area contributed by atoms with Gasteiger partial charge in [-0.25, -0.2) is 4.39 Å². The smallest absolute Gasteiger partial charge is 0.196 e. The van der Waals surface area contributed by atoms with E-state index < -0.39 is 11.6 Å². The summed E-state index contributed by atoms with van der Waals surface area (Å²) in [5.41, 5.74) is 1.17. The van der Waals surface area contributed by atoms with Crippen LogP contribution in [0.2, 0.25) is 0 Å². The summed E-state index contributed by atoms with van der Waals surface area (Å²) in [5.74, 6) is -0.463. The van der Waals surface area contributed by atoms with E-state index in [2.05, 4.69) is 15.9 Å². The monoisotopic (exact) mass is 352 g/mol. The molecule has 0 aliphatic heterocycles. The Bertz CT molecular complexity index is 698. The molecule has 0 aliphatic rings. The van der Waals surface area contributed by atoms with Gasteiger partial charge in [0.25, 0.3) is 0 Å². The van der Waals surface area contributed by atoms with Crippen LogP contribution in [0.3, 0.4) is 0 Å². The molecule has 0 aromatic heterocycles. The van der Waals surface area contributed by atoms with Gasteiger partial charge < -0.3 is 9.47 Å². The van der Waals surface area contributed by atoms with Gasteiger partial charge in [-0.15, -0.1) is 0 Å². The molecule has 21 heavy (non-hydrogen) atoms. The molecule has 0 unspecified atom stereocenters. The summed E-state index contributed by atoms with van der Waals surface area (Å²) < 4.78 is 25.1. The van der Waals surface area contributed by atoms with Gasteiger partial charge in [-0.05, 0) is 36.8 Å². The minimum absolute atomic E-state index is 0.0435. The van der Waals surface area contributed by atoms with Crippen LogP contribution in [0.5, 0.6) is 11.5 Å². The van der Waals surface area contributed by atoms with E-state index >= 15 is 0 Å². The summed E-state index contributed by atoms with van der Waals surface area (Å²) in [6.45, 7) is 1.80. The summed E-state index contributed by atoms with van der Waals surface area (Å²) in [7, 11) is 2.85. The zero-order valence-corrected chi connectivity index (χ0v) is 13.5. The highest BCUT2D eigenvalue weighted by Gasteiger charge is 2.19. The van der Waals surface area contributed by atoms with Crippen molar-refractivity contribution in [1.29, 1.82) is 0 Å². The molecule has 110 valence electrons. The van der Waals surface area contributed by atoms with Crippen molar-refractivity contribution in [2.45, 2.75) is 6.92 Å². The number of methoxy groups -OCH3 is 2. The SMILES string of the molecule is COc1cc(F)c(C(=O)c2ccc(Br)cc2C)cc1OC. The van der Waals surface area contributed by atoms with E-state index in [1.807, 2.05) is 6.07 Å². The molecule has 5 heteroatoms. The van der Waals surface area contributed by atoms with Crippen molar-refractivity contribution >= 4 is 21.7 Å². The Balaban J connectivity index is 2.53. The standard InChI is InChI=1S/C16H14BrFO3/c1-9-6-10(17)4-5-11(9)16(19)12-7-14(20-2)15(21-3)8-13(12)18/h4-8H,1-3H3. The van der Waals surface area contributed by atoms with Gasteiger partial charge in [-0.1, -0.05) is 15.9 Å². The van der Waals surface area contributed by atoms with Crippen LogP contribution in [-0.2, 0) is 0 Å². The number of ketones is 1. The molecule has 0 amide bonds. The van der Waals surface area contributed by atoms with Gasteiger partial charge in [0.05, 0.1) is 19.8 Å². The first-order chi connectivity index (χ1) is 9.97. The lowest BCUT2D eigenvalue weighted by Gasteiger charge is -2.11. The Labute approximate surface area is 130 Å². The summed E-state index contributed by atoms with van der Waals surface area (Å²) in [4.78, 5) is 12.5. The third-order valence-electron chi connectivity index (χ3n) is 3.15.